The fraction of sp³-hybridized carbons (Fsp3) is 0.310. The van der Waals surface area contributed by atoms with Crippen molar-refractivity contribution in [3.8, 4) is 0 Å². The minimum atomic E-state index is -1.71. The van der Waals surface area contributed by atoms with E-state index in [4.69, 9.17) is 0 Å². The largest absolute Gasteiger partial charge is 0.475 e. The summed E-state index contributed by atoms with van der Waals surface area (Å²) in [5.41, 5.74) is 5.32. The Labute approximate surface area is 212 Å². The Morgan fingerprint density at radius 2 is 1.58 bits per heavy atom. The van der Waals surface area contributed by atoms with Crippen LogP contribution < -0.4 is 10.6 Å². The van der Waals surface area contributed by atoms with Crippen LogP contribution >= 0.6 is 0 Å². The van der Waals surface area contributed by atoms with Crippen LogP contribution in [0.2, 0.25) is 0 Å². The van der Waals surface area contributed by atoms with Gasteiger partial charge in [0.1, 0.15) is 0 Å². The van der Waals surface area contributed by atoms with E-state index in [1.165, 1.54) is 11.1 Å². The predicted molar refractivity (Wildman–Crippen MR) is 141 cm³/mol. The topological polar surface area (TPSA) is 98.7 Å². The Kier molecular flexibility index (Phi) is 8.57. The number of carbonyl (C=O) groups is 2. The normalized spacial score (nSPS) is 16.4. The summed E-state index contributed by atoms with van der Waals surface area (Å²) in [7, 11) is -1.71. The van der Waals surface area contributed by atoms with Crippen LogP contribution in [-0.4, -0.2) is 34.9 Å². The van der Waals surface area contributed by atoms with Crippen LogP contribution in [0.1, 0.15) is 46.7 Å². The van der Waals surface area contributed by atoms with Crippen LogP contribution in [0.4, 0.5) is 0 Å². The van der Waals surface area contributed by atoms with Crippen molar-refractivity contribution in [2.75, 3.05) is 0 Å². The van der Waals surface area contributed by atoms with Crippen molar-refractivity contribution in [3.63, 3.8) is 0 Å². The van der Waals surface area contributed by atoms with E-state index in [1.54, 1.807) is 0 Å². The monoisotopic (exact) mass is 484 g/mol. The maximum atomic E-state index is 13.2. The molecule has 2 amide bonds. The molecule has 3 aromatic rings. The molecule has 0 heterocycles. The second kappa shape index (κ2) is 12.0. The molecule has 0 radical (unpaired) electrons. The predicted octanol–water partition coefficient (Wildman–Crippen LogP) is 3.09. The van der Waals surface area contributed by atoms with Gasteiger partial charge in [-0.3, -0.25) is 9.59 Å². The van der Waals surface area contributed by atoms with Gasteiger partial charge in [0.05, 0.1) is 18.4 Å². The quantitative estimate of drug-likeness (QED) is 0.351. The highest BCUT2D eigenvalue weighted by molar-refractivity contribution is 6.43. The van der Waals surface area contributed by atoms with Crippen molar-refractivity contribution < 1.29 is 19.6 Å². The van der Waals surface area contributed by atoms with Gasteiger partial charge < -0.3 is 20.7 Å². The van der Waals surface area contributed by atoms with Gasteiger partial charge in [0.15, 0.2) is 0 Å². The molecule has 1 aliphatic carbocycles. The van der Waals surface area contributed by atoms with Crippen molar-refractivity contribution in [2.45, 2.75) is 51.0 Å². The first-order valence-corrected chi connectivity index (χ1v) is 12.5. The number of hydrogen-bond donors (Lipinski definition) is 4. The summed E-state index contributed by atoms with van der Waals surface area (Å²) in [5.74, 6) is -1.43. The molecule has 0 aliphatic heterocycles. The average Bonchev–Trinajstić information content (AvgIpc) is 2.89. The van der Waals surface area contributed by atoms with Crippen molar-refractivity contribution in [2.24, 2.45) is 5.92 Å². The van der Waals surface area contributed by atoms with E-state index < -0.39 is 19.1 Å². The zero-order chi connectivity index (χ0) is 25.5. The van der Waals surface area contributed by atoms with E-state index in [2.05, 4.69) is 22.8 Å². The highest BCUT2D eigenvalue weighted by atomic mass is 16.4. The molecule has 3 aromatic carbocycles. The zero-order valence-electron chi connectivity index (χ0n) is 20.6. The van der Waals surface area contributed by atoms with Gasteiger partial charge in [-0.05, 0) is 54.9 Å². The highest BCUT2D eigenvalue weighted by Gasteiger charge is 2.30. The maximum Gasteiger partial charge on any atom is 0.475 e. The molecule has 0 spiro atoms. The number of benzene rings is 3. The SMILES string of the molecule is Cc1ccc(CC(NC(=O)CC(NC(=O)C2CCc3ccccc3C2)c2ccccc2)B(O)O)cc1. The van der Waals surface area contributed by atoms with Gasteiger partial charge in [-0.2, -0.15) is 0 Å². The first-order valence-electron chi connectivity index (χ1n) is 12.5. The number of amides is 2. The summed E-state index contributed by atoms with van der Waals surface area (Å²) in [6.45, 7) is 1.98. The van der Waals surface area contributed by atoms with Gasteiger partial charge in [0.25, 0.3) is 0 Å². The smallest absolute Gasteiger partial charge is 0.426 e. The molecule has 0 fully saturated rings. The molecule has 36 heavy (non-hydrogen) atoms. The number of nitrogens with one attached hydrogen (secondary N) is 2. The number of rotatable bonds is 9. The molecule has 186 valence electrons. The Balaban J connectivity index is 1.43. The molecule has 0 bridgehead atoms. The van der Waals surface area contributed by atoms with Gasteiger partial charge in [-0.15, -0.1) is 0 Å². The molecule has 7 heteroatoms. The number of aryl methyl sites for hydroxylation is 2. The number of carbonyl (C=O) groups excluding carboxylic acids is 2. The summed E-state index contributed by atoms with van der Waals surface area (Å²) in [5, 5.41) is 25.6. The molecule has 6 nitrogen and oxygen atoms in total. The second-order valence-corrected chi connectivity index (χ2v) is 9.66. The third-order valence-corrected chi connectivity index (χ3v) is 6.91. The summed E-state index contributed by atoms with van der Waals surface area (Å²) in [6.07, 6.45) is 2.60. The Bertz CT molecular complexity index is 1170. The van der Waals surface area contributed by atoms with Gasteiger partial charge in [0.2, 0.25) is 11.8 Å². The first-order chi connectivity index (χ1) is 17.4. The van der Waals surface area contributed by atoms with E-state index in [0.29, 0.717) is 6.42 Å². The highest BCUT2D eigenvalue weighted by Crippen LogP contribution is 2.27. The zero-order valence-corrected chi connectivity index (χ0v) is 20.6. The van der Waals surface area contributed by atoms with E-state index in [9.17, 15) is 19.6 Å². The van der Waals surface area contributed by atoms with Gasteiger partial charge in [-0.1, -0.05) is 84.4 Å². The molecule has 1 aliphatic rings. The molecular weight excluding hydrogens is 451 g/mol. The fourth-order valence-corrected chi connectivity index (χ4v) is 4.81. The first kappa shape index (κ1) is 25.7. The molecule has 3 atom stereocenters. The lowest BCUT2D eigenvalue weighted by Crippen LogP contribution is -2.49. The van der Waals surface area contributed by atoms with Crippen molar-refractivity contribution >= 4 is 18.9 Å². The van der Waals surface area contributed by atoms with Crippen molar-refractivity contribution in [3.05, 3.63) is 107 Å². The van der Waals surface area contributed by atoms with Crippen LogP contribution in [-0.2, 0) is 28.9 Å². The van der Waals surface area contributed by atoms with Crippen LogP contribution in [0, 0.1) is 12.8 Å². The third kappa shape index (κ3) is 6.83. The molecule has 4 N–H and O–H groups in total. The lowest BCUT2D eigenvalue weighted by molar-refractivity contribution is -0.127. The Hall–Kier alpha value is -3.42. The van der Waals surface area contributed by atoms with Crippen LogP contribution in [0.3, 0.4) is 0 Å². The molecule has 3 unspecified atom stereocenters. The third-order valence-electron chi connectivity index (χ3n) is 6.91. The Morgan fingerprint density at radius 3 is 2.28 bits per heavy atom. The van der Waals surface area contributed by atoms with E-state index in [1.807, 2.05) is 73.7 Å². The fourth-order valence-electron chi connectivity index (χ4n) is 4.81. The molecular formula is C29H33BN2O4. The minimum absolute atomic E-state index is 0.00379. The van der Waals surface area contributed by atoms with E-state index in [0.717, 1.165) is 29.5 Å². The molecule has 0 saturated heterocycles. The molecule has 4 rings (SSSR count). The second-order valence-electron chi connectivity index (χ2n) is 9.66. The van der Waals surface area contributed by atoms with Crippen LogP contribution in [0.5, 0.6) is 0 Å². The van der Waals surface area contributed by atoms with Crippen LogP contribution in [0.15, 0.2) is 78.9 Å². The summed E-state index contributed by atoms with van der Waals surface area (Å²) >= 11 is 0. The molecule has 0 aromatic heterocycles. The lowest BCUT2D eigenvalue weighted by atomic mass is 9.75. The number of hydrogen-bond acceptors (Lipinski definition) is 4. The van der Waals surface area contributed by atoms with Gasteiger partial charge in [0, 0.05) is 5.92 Å². The standard InChI is InChI=1S/C29H33BN2O4/c1-20-11-13-21(14-12-20)17-27(30(35)36)32-28(33)19-26(23-8-3-2-4-9-23)31-29(34)25-16-15-22-7-5-6-10-24(22)18-25/h2-14,25-27,35-36H,15-19H2,1H3,(H,31,34)(H,32,33). The summed E-state index contributed by atoms with van der Waals surface area (Å²) < 4.78 is 0. The van der Waals surface area contributed by atoms with Crippen molar-refractivity contribution in [1.29, 1.82) is 0 Å². The summed E-state index contributed by atoms with van der Waals surface area (Å²) in [6, 6.07) is 24.8. The Morgan fingerprint density at radius 1 is 0.917 bits per heavy atom. The number of fused-ring (bicyclic) bond motifs is 1. The van der Waals surface area contributed by atoms with Crippen molar-refractivity contribution in [1.82, 2.24) is 10.6 Å². The van der Waals surface area contributed by atoms with Gasteiger partial charge >= 0.3 is 7.12 Å². The van der Waals surface area contributed by atoms with E-state index in [-0.39, 0.29) is 30.6 Å². The summed E-state index contributed by atoms with van der Waals surface area (Å²) in [4.78, 5) is 26.3. The lowest BCUT2D eigenvalue weighted by Gasteiger charge is -2.27. The maximum absolute atomic E-state index is 13.2. The molecule has 0 saturated carbocycles. The van der Waals surface area contributed by atoms with Gasteiger partial charge in [-0.25, -0.2) is 0 Å². The average molecular weight is 484 g/mol. The van der Waals surface area contributed by atoms with E-state index >= 15 is 0 Å². The van der Waals surface area contributed by atoms with Crippen LogP contribution in [0.25, 0.3) is 0 Å². The minimum Gasteiger partial charge on any atom is -0.426 e.